The standard InChI is InChI=1S/C32H38FNO7S/c1-20(34-30(36)41-32(5,6)7)25-12-10-13-26(29(25)33)23-15-21(16-24(17-23)42(37)38)19-39-27-14-9-8-11-22(27)18-28(35)40-31(2,3)4/h8-17,20H,18-19H2,1-7H3,(H,34,36)(H,37,38)/p-1/t20-/m1/s1. The minimum Gasteiger partial charge on any atom is -0.768 e. The molecule has 0 spiro atoms. The van der Waals surface area contributed by atoms with Crippen molar-refractivity contribution in [3.8, 4) is 16.9 Å². The minimum atomic E-state index is -2.59. The Morgan fingerprint density at radius 1 is 0.952 bits per heavy atom. The van der Waals surface area contributed by atoms with Gasteiger partial charge in [0.2, 0.25) is 0 Å². The van der Waals surface area contributed by atoms with Crippen molar-refractivity contribution in [3.05, 3.63) is 83.2 Å². The monoisotopic (exact) mass is 598 g/mol. The summed E-state index contributed by atoms with van der Waals surface area (Å²) in [6, 6.07) is 15.4. The van der Waals surface area contributed by atoms with Crippen LogP contribution in [0.3, 0.4) is 0 Å². The highest BCUT2D eigenvalue weighted by molar-refractivity contribution is 7.79. The number of alkyl carbamates (subject to hydrolysis) is 1. The van der Waals surface area contributed by atoms with Gasteiger partial charge < -0.3 is 24.1 Å². The third-order valence-corrected chi connectivity index (χ3v) is 6.44. The Bertz CT molecular complexity index is 1460. The van der Waals surface area contributed by atoms with Crippen LogP contribution in [0.4, 0.5) is 9.18 Å². The molecule has 2 atom stereocenters. The van der Waals surface area contributed by atoms with Crippen LogP contribution in [0.25, 0.3) is 11.1 Å². The van der Waals surface area contributed by atoms with Crippen LogP contribution in [0.2, 0.25) is 0 Å². The van der Waals surface area contributed by atoms with Gasteiger partial charge in [0.25, 0.3) is 0 Å². The lowest BCUT2D eigenvalue weighted by molar-refractivity contribution is -0.153. The Balaban J connectivity index is 1.88. The fourth-order valence-electron chi connectivity index (χ4n) is 4.15. The number of esters is 1. The fraction of sp³-hybridized carbons (Fsp3) is 0.375. The van der Waals surface area contributed by atoms with Crippen molar-refractivity contribution in [1.29, 1.82) is 0 Å². The van der Waals surface area contributed by atoms with Gasteiger partial charge in [-0.15, -0.1) is 0 Å². The van der Waals surface area contributed by atoms with Gasteiger partial charge in [-0.2, -0.15) is 0 Å². The third-order valence-electron chi connectivity index (χ3n) is 5.82. The molecular weight excluding hydrogens is 561 g/mol. The molecule has 3 aromatic carbocycles. The summed E-state index contributed by atoms with van der Waals surface area (Å²) in [5, 5.41) is 2.63. The number of para-hydroxylation sites is 1. The first-order valence-electron chi connectivity index (χ1n) is 13.5. The van der Waals surface area contributed by atoms with Crippen molar-refractivity contribution < 1.29 is 37.0 Å². The van der Waals surface area contributed by atoms with Crippen LogP contribution in [0.1, 0.15) is 71.2 Å². The second-order valence-electron chi connectivity index (χ2n) is 11.8. The summed E-state index contributed by atoms with van der Waals surface area (Å²) in [6.07, 6.45) is -0.688. The molecule has 42 heavy (non-hydrogen) atoms. The number of hydrogen-bond acceptors (Lipinski definition) is 7. The van der Waals surface area contributed by atoms with E-state index >= 15 is 4.39 Å². The number of benzene rings is 3. The Kier molecular flexibility index (Phi) is 10.5. The highest BCUT2D eigenvalue weighted by Gasteiger charge is 2.22. The number of halogens is 1. The number of nitrogens with one attached hydrogen (secondary N) is 1. The molecular formula is C32H37FNO7S-. The zero-order valence-electron chi connectivity index (χ0n) is 24.9. The Hall–Kier alpha value is -3.76. The van der Waals surface area contributed by atoms with Gasteiger partial charge in [0, 0.05) is 21.6 Å². The maximum atomic E-state index is 15.8. The molecule has 0 bridgehead atoms. The summed E-state index contributed by atoms with van der Waals surface area (Å²) in [7, 11) is 0. The number of amides is 1. The molecule has 1 N–H and O–H groups in total. The first-order valence-corrected chi connectivity index (χ1v) is 14.5. The molecule has 3 rings (SSSR count). The van der Waals surface area contributed by atoms with Crippen molar-refractivity contribution >= 4 is 23.1 Å². The number of carbonyl (C=O) groups is 2. The number of ether oxygens (including phenoxy) is 3. The smallest absolute Gasteiger partial charge is 0.408 e. The summed E-state index contributed by atoms with van der Waals surface area (Å²) in [4.78, 5) is 24.6. The summed E-state index contributed by atoms with van der Waals surface area (Å²) < 4.78 is 56.4. The molecule has 0 heterocycles. The highest BCUT2D eigenvalue weighted by atomic mass is 32.2. The van der Waals surface area contributed by atoms with Gasteiger partial charge in [-0.05, 0) is 94.9 Å². The predicted molar refractivity (Wildman–Crippen MR) is 157 cm³/mol. The van der Waals surface area contributed by atoms with Gasteiger partial charge in [0.1, 0.15) is 29.4 Å². The van der Waals surface area contributed by atoms with Gasteiger partial charge in [0.05, 0.1) is 12.5 Å². The highest BCUT2D eigenvalue weighted by Crippen LogP contribution is 2.31. The van der Waals surface area contributed by atoms with E-state index in [1.54, 1.807) is 90.9 Å². The van der Waals surface area contributed by atoms with Crippen LogP contribution in [0.15, 0.2) is 65.6 Å². The lowest BCUT2D eigenvalue weighted by atomic mass is 9.97. The van der Waals surface area contributed by atoms with Crippen molar-refractivity contribution in [2.75, 3.05) is 0 Å². The van der Waals surface area contributed by atoms with Crippen LogP contribution in [0.5, 0.6) is 5.75 Å². The van der Waals surface area contributed by atoms with E-state index in [1.165, 1.54) is 18.2 Å². The zero-order chi connectivity index (χ0) is 31.2. The maximum Gasteiger partial charge on any atom is 0.408 e. The molecule has 0 fully saturated rings. The van der Waals surface area contributed by atoms with Crippen molar-refractivity contribution in [3.63, 3.8) is 0 Å². The largest absolute Gasteiger partial charge is 0.768 e. The predicted octanol–water partition coefficient (Wildman–Crippen LogP) is 6.78. The molecule has 0 saturated carbocycles. The molecule has 0 saturated heterocycles. The van der Waals surface area contributed by atoms with Crippen molar-refractivity contribution in [2.24, 2.45) is 0 Å². The summed E-state index contributed by atoms with van der Waals surface area (Å²) in [5.74, 6) is -0.575. The molecule has 3 aromatic rings. The van der Waals surface area contributed by atoms with E-state index in [0.717, 1.165) is 0 Å². The average Bonchev–Trinajstić information content (AvgIpc) is 2.85. The molecule has 1 amide bonds. The van der Waals surface area contributed by atoms with E-state index in [4.69, 9.17) is 14.2 Å². The third kappa shape index (κ3) is 9.66. The molecule has 0 aliphatic rings. The van der Waals surface area contributed by atoms with Crippen LogP contribution >= 0.6 is 0 Å². The fourth-order valence-corrected chi connectivity index (χ4v) is 4.62. The molecule has 0 aromatic heterocycles. The molecule has 10 heteroatoms. The Morgan fingerprint density at radius 3 is 2.26 bits per heavy atom. The van der Waals surface area contributed by atoms with Crippen molar-refractivity contribution in [2.45, 2.75) is 83.6 Å². The second kappa shape index (κ2) is 13.5. The lowest BCUT2D eigenvalue weighted by Crippen LogP contribution is -2.34. The van der Waals surface area contributed by atoms with E-state index in [0.29, 0.717) is 22.4 Å². The second-order valence-corrected chi connectivity index (χ2v) is 12.8. The van der Waals surface area contributed by atoms with E-state index < -0.39 is 46.2 Å². The summed E-state index contributed by atoms with van der Waals surface area (Å²) >= 11 is -2.59. The maximum absolute atomic E-state index is 15.8. The van der Waals surface area contributed by atoms with Crippen molar-refractivity contribution in [1.82, 2.24) is 5.32 Å². The molecule has 1 unspecified atom stereocenters. The molecule has 0 aliphatic heterocycles. The molecule has 226 valence electrons. The van der Waals surface area contributed by atoms with E-state index in [1.807, 2.05) is 0 Å². The van der Waals surface area contributed by atoms with Gasteiger partial charge in [-0.1, -0.05) is 36.4 Å². The van der Waals surface area contributed by atoms with Crippen LogP contribution in [-0.4, -0.2) is 32.0 Å². The Morgan fingerprint density at radius 2 is 1.62 bits per heavy atom. The van der Waals surface area contributed by atoms with Crippen LogP contribution < -0.4 is 10.1 Å². The minimum absolute atomic E-state index is 0.00315. The normalized spacial score (nSPS) is 13.2. The first-order chi connectivity index (χ1) is 19.5. The van der Waals surface area contributed by atoms with Gasteiger partial charge in [-0.25, -0.2) is 9.18 Å². The first kappa shape index (κ1) is 32.8. The van der Waals surface area contributed by atoms with E-state index in [9.17, 15) is 18.4 Å². The van der Waals surface area contributed by atoms with E-state index in [-0.39, 0.29) is 29.1 Å². The molecule has 0 aliphatic carbocycles. The topological polar surface area (TPSA) is 114 Å². The zero-order valence-corrected chi connectivity index (χ0v) is 25.7. The van der Waals surface area contributed by atoms with Crippen LogP contribution in [-0.2, 0) is 38.4 Å². The number of carbonyl (C=O) groups excluding carboxylic acids is 2. The van der Waals surface area contributed by atoms with E-state index in [2.05, 4.69) is 5.32 Å². The quantitative estimate of drug-likeness (QED) is 0.213. The van der Waals surface area contributed by atoms with Gasteiger partial charge in [-0.3, -0.25) is 9.00 Å². The lowest BCUT2D eigenvalue weighted by Gasteiger charge is -2.22. The van der Waals surface area contributed by atoms with Gasteiger partial charge in [0.15, 0.2) is 0 Å². The summed E-state index contributed by atoms with van der Waals surface area (Å²) in [6.45, 7) is 12.1. The molecule has 0 radical (unpaired) electrons. The number of hydrogen-bond donors (Lipinski definition) is 1. The van der Waals surface area contributed by atoms with Gasteiger partial charge >= 0.3 is 12.1 Å². The summed E-state index contributed by atoms with van der Waals surface area (Å²) in [5.41, 5.74) is 0.428. The SMILES string of the molecule is C[C@@H](NC(=O)OC(C)(C)C)c1cccc(-c2cc(COc3ccccc3CC(=O)OC(C)(C)C)cc(S(=O)[O-])c2)c1F. The number of rotatable bonds is 9. The Labute approximate surface area is 248 Å². The average molecular weight is 599 g/mol. The van der Waals surface area contributed by atoms with Crippen LogP contribution in [0, 0.1) is 5.82 Å². The molecule has 8 nitrogen and oxygen atoms in total.